The number of carbonyl (C=O) groups is 1. The largest absolute Gasteiger partial charge is 0.416 e. The molecule has 176 valence electrons. The van der Waals surface area contributed by atoms with Crippen LogP contribution in [0, 0.1) is 0 Å². The van der Waals surface area contributed by atoms with Gasteiger partial charge >= 0.3 is 12.3 Å². The molecule has 1 aliphatic rings. The average molecular weight is 467 g/mol. The molecule has 0 aliphatic carbocycles. The van der Waals surface area contributed by atoms with E-state index in [9.17, 15) is 18.0 Å². The molecule has 1 aliphatic heterocycles. The number of hydrogen-bond acceptors (Lipinski definition) is 3. The summed E-state index contributed by atoms with van der Waals surface area (Å²) in [6, 6.07) is 23.8. The zero-order chi connectivity index (χ0) is 24.6. The van der Waals surface area contributed by atoms with Crippen molar-refractivity contribution >= 4 is 12.1 Å². The number of piperidine rings is 1. The number of amides is 1. The molecule has 0 aromatic heterocycles. The predicted molar refractivity (Wildman–Crippen MR) is 121 cm³/mol. The first kappa shape index (κ1) is 24.9. The van der Waals surface area contributed by atoms with Crippen molar-refractivity contribution in [1.82, 2.24) is 4.90 Å². The molecule has 34 heavy (non-hydrogen) atoms. The molecule has 0 atom stereocenters. The Morgan fingerprint density at radius 1 is 0.824 bits per heavy atom. The summed E-state index contributed by atoms with van der Waals surface area (Å²) < 4.78 is 40.0. The standard InChI is InChI=1S/C26H24F3NO.CO2/c27-26(28,29)24-9-5-4-8-23(24)22-14-16-30(17-15-22)25(31)18-19-10-12-21(13-11-19)20-6-2-1-3-7-20;2-1-3/h1-13,22H,14-18H2;. The quantitative estimate of drug-likeness (QED) is 0.492. The van der Waals surface area contributed by atoms with Gasteiger partial charge in [0.15, 0.2) is 0 Å². The summed E-state index contributed by atoms with van der Waals surface area (Å²) in [5.41, 5.74) is 2.95. The monoisotopic (exact) mass is 467 g/mol. The third kappa shape index (κ3) is 6.42. The predicted octanol–water partition coefficient (Wildman–Crippen LogP) is 5.74. The second-order valence-electron chi connectivity index (χ2n) is 8.06. The lowest BCUT2D eigenvalue weighted by Gasteiger charge is -2.33. The van der Waals surface area contributed by atoms with Crippen molar-refractivity contribution in [2.75, 3.05) is 13.1 Å². The third-order valence-corrected chi connectivity index (χ3v) is 5.97. The summed E-state index contributed by atoms with van der Waals surface area (Å²) in [7, 11) is 0. The molecule has 0 spiro atoms. The van der Waals surface area contributed by atoms with Crippen LogP contribution in [0.3, 0.4) is 0 Å². The van der Waals surface area contributed by atoms with Gasteiger partial charge in [-0.2, -0.15) is 22.8 Å². The van der Waals surface area contributed by atoms with Gasteiger partial charge in [-0.15, -0.1) is 0 Å². The summed E-state index contributed by atoms with van der Waals surface area (Å²) in [6.45, 7) is 0.968. The van der Waals surface area contributed by atoms with E-state index < -0.39 is 11.7 Å². The third-order valence-electron chi connectivity index (χ3n) is 5.97. The van der Waals surface area contributed by atoms with Gasteiger partial charge in [0.1, 0.15) is 0 Å². The van der Waals surface area contributed by atoms with Crippen LogP contribution in [0.1, 0.15) is 35.4 Å². The van der Waals surface area contributed by atoms with Crippen LogP contribution < -0.4 is 0 Å². The maximum absolute atomic E-state index is 13.3. The molecule has 1 saturated heterocycles. The topological polar surface area (TPSA) is 54.5 Å². The Labute approximate surface area is 196 Å². The van der Waals surface area contributed by atoms with Crippen LogP contribution in [0.25, 0.3) is 11.1 Å². The second-order valence-corrected chi connectivity index (χ2v) is 8.06. The van der Waals surface area contributed by atoms with Crippen molar-refractivity contribution < 1.29 is 27.6 Å². The van der Waals surface area contributed by atoms with Gasteiger partial charge in [0.25, 0.3) is 0 Å². The first-order valence-corrected chi connectivity index (χ1v) is 10.9. The van der Waals surface area contributed by atoms with Gasteiger partial charge in [-0.25, -0.2) is 0 Å². The van der Waals surface area contributed by atoms with Crippen LogP contribution in [-0.4, -0.2) is 30.0 Å². The van der Waals surface area contributed by atoms with Gasteiger partial charge in [0.05, 0.1) is 12.0 Å². The van der Waals surface area contributed by atoms with E-state index in [1.54, 1.807) is 17.0 Å². The summed E-state index contributed by atoms with van der Waals surface area (Å²) in [4.78, 5) is 30.8. The lowest BCUT2D eigenvalue weighted by Crippen LogP contribution is -2.39. The van der Waals surface area contributed by atoms with Crippen molar-refractivity contribution in [3.8, 4) is 11.1 Å². The lowest BCUT2D eigenvalue weighted by molar-refractivity contribution is -0.191. The number of nitrogens with zero attached hydrogens (tertiary/aromatic N) is 1. The first-order chi connectivity index (χ1) is 16.3. The molecule has 0 saturated carbocycles. The highest BCUT2D eigenvalue weighted by atomic mass is 19.4. The molecule has 1 fully saturated rings. The minimum atomic E-state index is -4.35. The molecule has 7 heteroatoms. The lowest BCUT2D eigenvalue weighted by atomic mass is 9.86. The summed E-state index contributed by atoms with van der Waals surface area (Å²) in [5, 5.41) is 0. The van der Waals surface area contributed by atoms with Gasteiger partial charge in [0, 0.05) is 13.1 Å². The molecule has 1 amide bonds. The van der Waals surface area contributed by atoms with Gasteiger partial charge in [-0.1, -0.05) is 72.8 Å². The minimum absolute atomic E-state index is 0.0232. The van der Waals surface area contributed by atoms with Crippen LogP contribution in [0.2, 0.25) is 0 Å². The molecule has 4 nitrogen and oxygen atoms in total. The Bertz CT molecular complexity index is 1110. The smallest absolute Gasteiger partial charge is 0.342 e. The van der Waals surface area contributed by atoms with E-state index in [1.807, 2.05) is 54.6 Å². The van der Waals surface area contributed by atoms with Crippen molar-refractivity contribution in [3.63, 3.8) is 0 Å². The number of likely N-dealkylation sites (tertiary alicyclic amines) is 1. The molecule has 0 bridgehead atoms. The second kappa shape index (κ2) is 11.4. The number of benzene rings is 3. The number of rotatable bonds is 4. The van der Waals surface area contributed by atoms with Crippen LogP contribution >= 0.6 is 0 Å². The van der Waals surface area contributed by atoms with Crippen LogP contribution in [0.4, 0.5) is 13.2 Å². The normalized spacial score (nSPS) is 14.0. The van der Waals surface area contributed by atoms with Gasteiger partial charge in [0.2, 0.25) is 5.91 Å². The molecule has 3 aromatic carbocycles. The molecule has 0 N–H and O–H groups in total. The van der Waals surface area contributed by atoms with Crippen molar-refractivity contribution in [3.05, 3.63) is 95.6 Å². The van der Waals surface area contributed by atoms with Crippen molar-refractivity contribution in [2.24, 2.45) is 0 Å². The molecule has 3 aromatic rings. The fraction of sp³-hybridized carbons (Fsp3) is 0.259. The molecular formula is C27H24F3NO3. The van der Waals surface area contributed by atoms with E-state index in [2.05, 4.69) is 0 Å². The van der Waals surface area contributed by atoms with Gasteiger partial charge in [-0.3, -0.25) is 4.79 Å². The van der Waals surface area contributed by atoms with Crippen molar-refractivity contribution in [1.29, 1.82) is 0 Å². The van der Waals surface area contributed by atoms with E-state index >= 15 is 0 Å². The van der Waals surface area contributed by atoms with E-state index in [0.29, 0.717) is 37.9 Å². The first-order valence-electron chi connectivity index (χ1n) is 10.9. The van der Waals surface area contributed by atoms with Crippen LogP contribution in [-0.2, 0) is 27.0 Å². The zero-order valence-corrected chi connectivity index (χ0v) is 18.4. The Balaban J connectivity index is 0.00000103. The SMILES string of the molecule is O=C(Cc1ccc(-c2ccccc2)cc1)N1CCC(c2ccccc2C(F)(F)F)CC1.O=C=O. The highest BCUT2D eigenvalue weighted by molar-refractivity contribution is 5.79. The average Bonchev–Trinajstić information content (AvgIpc) is 2.85. The number of carbonyl (C=O) groups excluding carboxylic acids is 3. The van der Waals surface area contributed by atoms with Crippen LogP contribution in [0.5, 0.6) is 0 Å². The molecule has 1 heterocycles. The Morgan fingerprint density at radius 2 is 1.35 bits per heavy atom. The highest BCUT2D eigenvalue weighted by Gasteiger charge is 2.36. The summed E-state index contributed by atoms with van der Waals surface area (Å²) in [6.07, 6.45) is -2.70. The maximum atomic E-state index is 13.3. The fourth-order valence-corrected chi connectivity index (χ4v) is 4.28. The zero-order valence-electron chi connectivity index (χ0n) is 18.4. The van der Waals surface area contributed by atoms with E-state index in [-0.39, 0.29) is 18.0 Å². The summed E-state index contributed by atoms with van der Waals surface area (Å²) >= 11 is 0. The molecule has 0 unspecified atom stereocenters. The Hall–Kier alpha value is -3.70. The molecular weight excluding hydrogens is 443 g/mol. The Morgan fingerprint density at radius 3 is 1.94 bits per heavy atom. The molecule has 4 rings (SSSR count). The van der Waals surface area contributed by atoms with Crippen molar-refractivity contribution in [2.45, 2.75) is 31.4 Å². The van der Waals surface area contributed by atoms with Crippen LogP contribution in [0.15, 0.2) is 78.9 Å². The summed E-state index contributed by atoms with van der Waals surface area (Å²) in [5.74, 6) is -0.151. The minimum Gasteiger partial charge on any atom is -0.342 e. The number of hydrogen-bond donors (Lipinski definition) is 0. The fourth-order valence-electron chi connectivity index (χ4n) is 4.28. The Kier molecular flexibility index (Phi) is 8.39. The van der Waals surface area contributed by atoms with Gasteiger partial charge in [-0.05, 0) is 47.1 Å². The highest BCUT2D eigenvalue weighted by Crippen LogP contribution is 2.38. The maximum Gasteiger partial charge on any atom is 0.416 e. The number of alkyl halides is 3. The van der Waals surface area contributed by atoms with E-state index in [0.717, 1.165) is 22.8 Å². The van der Waals surface area contributed by atoms with E-state index in [4.69, 9.17) is 9.59 Å². The molecule has 0 radical (unpaired) electrons. The van der Waals surface area contributed by atoms with Gasteiger partial charge < -0.3 is 4.90 Å². The van der Waals surface area contributed by atoms with E-state index in [1.165, 1.54) is 6.07 Å². The number of halogens is 3.